The van der Waals surface area contributed by atoms with Crippen molar-refractivity contribution in [2.24, 2.45) is 5.92 Å². The molecule has 118 valence electrons. The van der Waals surface area contributed by atoms with Crippen LogP contribution in [-0.2, 0) is 9.53 Å². The first-order chi connectivity index (χ1) is 10.7. The molecule has 2 amide bonds. The predicted molar refractivity (Wildman–Crippen MR) is 82.0 cm³/mol. The fourth-order valence-electron chi connectivity index (χ4n) is 2.63. The van der Waals surface area contributed by atoms with Gasteiger partial charge >= 0.3 is 6.09 Å². The van der Waals surface area contributed by atoms with Crippen LogP contribution in [0.3, 0.4) is 0 Å². The number of hydrogen-bond acceptors (Lipinski definition) is 4. The Bertz CT molecular complexity index is 529. The van der Waals surface area contributed by atoms with Crippen LogP contribution in [0.4, 0.5) is 10.5 Å². The van der Waals surface area contributed by atoms with Crippen LogP contribution in [0.25, 0.3) is 0 Å². The zero-order valence-electron chi connectivity index (χ0n) is 12.5. The number of anilines is 1. The van der Waals surface area contributed by atoms with Crippen molar-refractivity contribution in [1.29, 1.82) is 0 Å². The van der Waals surface area contributed by atoms with Crippen LogP contribution in [0, 0.1) is 5.92 Å². The van der Waals surface area contributed by atoms with Gasteiger partial charge in [-0.3, -0.25) is 10.2 Å². The lowest BCUT2D eigenvalue weighted by Gasteiger charge is -2.26. The van der Waals surface area contributed by atoms with E-state index < -0.39 is 6.09 Å². The summed E-state index contributed by atoms with van der Waals surface area (Å²) in [5.41, 5.74) is 3.50. The summed E-state index contributed by atoms with van der Waals surface area (Å²) in [5, 5.41) is 4.71. The fraction of sp³-hybridized carbons (Fsp3) is 0.500. The lowest BCUT2D eigenvalue weighted by Crippen LogP contribution is -2.45. The van der Waals surface area contributed by atoms with E-state index in [1.165, 1.54) is 6.42 Å². The zero-order valence-corrected chi connectivity index (χ0v) is 12.5. The monoisotopic (exact) mass is 303 g/mol. The molecule has 1 aliphatic heterocycles. The highest BCUT2D eigenvalue weighted by Gasteiger charge is 2.46. The number of hydrogen-bond donors (Lipinski definition) is 2. The summed E-state index contributed by atoms with van der Waals surface area (Å²) in [4.78, 5) is 23.8. The third-order valence-electron chi connectivity index (χ3n) is 3.97. The summed E-state index contributed by atoms with van der Waals surface area (Å²) in [6, 6.07) is 9.28. The van der Waals surface area contributed by atoms with Gasteiger partial charge in [-0.15, -0.1) is 0 Å². The number of amides is 2. The number of carbonyl (C=O) groups excluding carboxylic acids is 2. The maximum Gasteiger partial charge on any atom is 0.422 e. The second-order valence-corrected chi connectivity index (χ2v) is 5.80. The van der Waals surface area contributed by atoms with Crippen molar-refractivity contribution < 1.29 is 14.3 Å². The molecule has 22 heavy (non-hydrogen) atoms. The number of piperidine rings is 1. The number of carbonyl (C=O) groups is 2. The molecule has 2 aliphatic rings. The van der Waals surface area contributed by atoms with Gasteiger partial charge in [0, 0.05) is 25.2 Å². The minimum absolute atomic E-state index is 0.0954. The summed E-state index contributed by atoms with van der Waals surface area (Å²) in [6.07, 6.45) is 3.21. The van der Waals surface area contributed by atoms with E-state index >= 15 is 0 Å². The van der Waals surface area contributed by atoms with Gasteiger partial charge in [0.1, 0.15) is 6.10 Å². The Balaban J connectivity index is 1.40. The maximum absolute atomic E-state index is 12.0. The molecule has 2 N–H and O–H groups in total. The molecule has 2 unspecified atom stereocenters. The van der Waals surface area contributed by atoms with E-state index in [2.05, 4.69) is 10.7 Å². The zero-order chi connectivity index (χ0) is 15.4. The molecule has 2 atom stereocenters. The molecular weight excluding hydrogens is 282 g/mol. The number of rotatable bonds is 4. The Hall–Kier alpha value is -2.08. The van der Waals surface area contributed by atoms with Crippen LogP contribution in [0.5, 0.6) is 0 Å². The molecule has 1 aromatic carbocycles. The van der Waals surface area contributed by atoms with Crippen LogP contribution >= 0.6 is 0 Å². The lowest BCUT2D eigenvalue weighted by molar-refractivity contribution is -0.118. The van der Waals surface area contributed by atoms with Crippen LogP contribution in [0.15, 0.2) is 30.3 Å². The molecule has 1 saturated carbocycles. The number of benzene rings is 1. The van der Waals surface area contributed by atoms with Crippen molar-refractivity contribution in [3.63, 3.8) is 0 Å². The van der Waals surface area contributed by atoms with E-state index in [0.717, 1.165) is 31.6 Å². The third-order valence-corrected chi connectivity index (χ3v) is 3.97. The lowest BCUT2D eigenvalue weighted by atomic mass is 10.2. The van der Waals surface area contributed by atoms with E-state index in [9.17, 15) is 9.59 Å². The highest BCUT2D eigenvalue weighted by molar-refractivity contribution is 5.95. The first-order valence-corrected chi connectivity index (χ1v) is 7.80. The summed E-state index contributed by atoms with van der Waals surface area (Å²) >= 11 is 0. The molecule has 1 saturated heterocycles. The van der Waals surface area contributed by atoms with Crippen molar-refractivity contribution in [2.75, 3.05) is 18.4 Å². The molecule has 0 radical (unpaired) electrons. The summed E-state index contributed by atoms with van der Waals surface area (Å²) < 4.78 is 5.28. The quantitative estimate of drug-likeness (QED) is 0.894. The molecule has 2 fully saturated rings. The van der Waals surface area contributed by atoms with Crippen molar-refractivity contribution in [3.8, 4) is 0 Å². The Morgan fingerprint density at radius 1 is 1.09 bits per heavy atom. The summed E-state index contributed by atoms with van der Waals surface area (Å²) in [5.74, 6) is -0.339. The number of nitrogens with zero attached hydrogens (tertiary/aromatic N) is 1. The molecule has 0 spiro atoms. The third kappa shape index (κ3) is 3.98. The minimum Gasteiger partial charge on any atom is -0.444 e. The van der Waals surface area contributed by atoms with Crippen molar-refractivity contribution >= 4 is 17.7 Å². The average Bonchev–Trinajstić information content (AvgIpc) is 3.28. The summed E-state index contributed by atoms with van der Waals surface area (Å²) in [6.45, 7) is 1.72. The molecule has 6 heteroatoms. The van der Waals surface area contributed by atoms with Gasteiger partial charge in [0.25, 0.3) is 0 Å². The van der Waals surface area contributed by atoms with Gasteiger partial charge in [-0.05, 0) is 25.0 Å². The summed E-state index contributed by atoms with van der Waals surface area (Å²) in [7, 11) is 0. The van der Waals surface area contributed by atoms with Gasteiger partial charge in [0.15, 0.2) is 0 Å². The van der Waals surface area contributed by atoms with E-state index in [1.807, 2.05) is 35.3 Å². The van der Waals surface area contributed by atoms with Crippen molar-refractivity contribution in [1.82, 2.24) is 10.4 Å². The standard InChI is InChI=1S/C16H21N3O3/c20-15(17-12-7-3-1-4-8-12)13-11-14(13)22-16(21)18-19-9-5-2-6-10-19/h1,3-4,7-8,13-14H,2,5-6,9-11H2,(H,17,20)(H,18,21). The van der Waals surface area contributed by atoms with Gasteiger partial charge in [-0.2, -0.15) is 0 Å². The molecule has 1 aromatic rings. The van der Waals surface area contributed by atoms with Gasteiger partial charge in [0.05, 0.1) is 5.92 Å². The second kappa shape index (κ2) is 6.79. The van der Waals surface area contributed by atoms with Crippen molar-refractivity contribution in [3.05, 3.63) is 30.3 Å². The Morgan fingerprint density at radius 3 is 2.55 bits per heavy atom. The number of nitrogens with one attached hydrogen (secondary N) is 2. The highest BCUT2D eigenvalue weighted by Crippen LogP contribution is 2.34. The first-order valence-electron chi connectivity index (χ1n) is 7.80. The minimum atomic E-state index is -0.457. The molecule has 0 aromatic heterocycles. The van der Waals surface area contributed by atoms with Gasteiger partial charge in [-0.25, -0.2) is 9.80 Å². The van der Waals surface area contributed by atoms with E-state index in [-0.39, 0.29) is 17.9 Å². The molecule has 6 nitrogen and oxygen atoms in total. The molecule has 0 bridgehead atoms. The largest absolute Gasteiger partial charge is 0.444 e. The van der Waals surface area contributed by atoms with Crippen LogP contribution < -0.4 is 10.7 Å². The molecular formula is C16H21N3O3. The maximum atomic E-state index is 12.0. The fourth-order valence-corrected chi connectivity index (χ4v) is 2.63. The predicted octanol–water partition coefficient (Wildman–Crippen LogP) is 2.14. The highest BCUT2D eigenvalue weighted by atomic mass is 16.6. The number of ether oxygens (including phenoxy) is 1. The normalized spacial score (nSPS) is 24.4. The second-order valence-electron chi connectivity index (χ2n) is 5.80. The number of hydrazine groups is 1. The Morgan fingerprint density at radius 2 is 1.82 bits per heavy atom. The van der Waals surface area contributed by atoms with Crippen LogP contribution in [-0.4, -0.2) is 36.2 Å². The van der Waals surface area contributed by atoms with Crippen molar-refractivity contribution in [2.45, 2.75) is 31.8 Å². The van der Waals surface area contributed by atoms with Crippen LogP contribution in [0.2, 0.25) is 0 Å². The smallest absolute Gasteiger partial charge is 0.422 e. The molecule has 1 heterocycles. The molecule has 3 rings (SSSR count). The first kappa shape index (κ1) is 14.8. The SMILES string of the molecule is O=C(NN1CCCCC1)OC1CC1C(=O)Nc1ccccc1. The van der Waals surface area contributed by atoms with Gasteiger partial charge in [-0.1, -0.05) is 24.6 Å². The topological polar surface area (TPSA) is 70.7 Å². The van der Waals surface area contributed by atoms with E-state index in [4.69, 9.17) is 4.74 Å². The molecule has 1 aliphatic carbocycles. The van der Waals surface area contributed by atoms with Gasteiger partial charge < -0.3 is 10.1 Å². The van der Waals surface area contributed by atoms with Crippen LogP contribution in [0.1, 0.15) is 25.7 Å². The van der Waals surface area contributed by atoms with E-state index in [1.54, 1.807) is 0 Å². The average molecular weight is 303 g/mol. The Labute approximate surface area is 129 Å². The van der Waals surface area contributed by atoms with Gasteiger partial charge in [0.2, 0.25) is 5.91 Å². The van der Waals surface area contributed by atoms with E-state index in [0.29, 0.717) is 6.42 Å². The number of para-hydroxylation sites is 1. The Kier molecular flexibility index (Phi) is 4.58.